The molecular formula is C19H19N3O4S2. The molecule has 0 unspecified atom stereocenters. The number of aryl methyl sites for hydroxylation is 1. The Hall–Kier alpha value is -2.49. The standard InChI is InChI=1S/C19H19N3O4S2/c1-13-4-2-3-5-15(13)18(23)21-8-10-22(11-9-21)28(25,26)14-6-7-16-17(12-14)27-19(24)20-16/h2-7,12H,8-11H2,1H3,(H,20,24). The van der Waals surface area contributed by atoms with E-state index in [2.05, 4.69) is 4.98 Å². The van der Waals surface area contributed by atoms with Gasteiger partial charge in [-0.2, -0.15) is 4.31 Å². The van der Waals surface area contributed by atoms with E-state index in [1.165, 1.54) is 16.4 Å². The number of sulfonamides is 1. The fourth-order valence-electron chi connectivity index (χ4n) is 3.35. The molecular weight excluding hydrogens is 398 g/mol. The summed E-state index contributed by atoms with van der Waals surface area (Å²) in [6.45, 7) is 3.04. The molecule has 1 amide bonds. The maximum Gasteiger partial charge on any atom is 0.305 e. The van der Waals surface area contributed by atoms with Crippen molar-refractivity contribution < 1.29 is 13.2 Å². The maximum atomic E-state index is 13.0. The zero-order valence-corrected chi connectivity index (χ0v) is 16.8. The lowest BCUT2D eigenvalue weighted by Crippen LogP contribution is -2.50. The van der Waals surface area contributed by atoms with E-state index in [0.717, 1.165) is 16.9 Å². The van der Waals surface area contributed by atoms with Gasteiger partial charge in [-0.1, -0.05) is 29.5 Å². The van der Waals surface area contributed by atoms with Crippen LogP contribution < -0.4 is 4.87 Å². The number of nitrogens with zero attached hydrogens (tertiary/aromatic N) is 2. The van der Waals surface area contributed by atoms with Gasteiger partial charge in [0, 0.05) is 31.7 Å². The predicted octanol–water partition coefficient (Wildman–Crippen LogP) is 2.04. The summed E-state index contributed by atoms with van der Waals surface area (Å²) >= 11 is 0.985. The topological polar surface area (TPSA) is 90.6 Å². The molecule has 28 heavy (non-hydrogen) atoms. The highest BCUT2D eigenvalue weighted by Crippen LogP contribution is 2.23. The summed E-state index contributed by atoms with van der Waals surface area (Å²) in [5.41, 5.74) is 2.18. The van der Waals surface area contributed by atoms with Crippen LogP contribution in [0.5, 0.6) is 0 Å². The van der Waals surface area contributed by atoms with Crippen molar-refractivity contribution in [2.45, 2.75) is 11.8 Å². The van der Waals surface area contributed by atoms with Crippen LogP contribution in [0, 0.1) is 6.92 Å². The molecule has 1 saturated heterocycles. The van der Waals surface area contributed by atoms with Crippen molar-refractivity contribution in [3.63, 3.8) is 0 Å². The predicted molar refractivity (Wildman–Crippen MR) is 108 cm³/mol. The highest BCUT2D eigenvalue weighted by molar-refractivity contribution is 7.89. The number of thiazole rings is 1. The average molecular weight is 418 g/mol. The number of nitrogens with one attached hydrogen (secondary N) is 1. The number of amides is 1. The Kier molecular flexibility index (Phi) is 4.82. The number of fused-ring (bicyclic) bond motifs is 1. The van der Waals surface area contributed by atoms with Crippen molar-refractivity contribution in [1.82, 2.24) is 14.2 Å². The van der Waals surface area contributed by atoms with E-state index in [1.54, 1.807) is 17.0 Å². The molecule has 0 radical (unpaired) electrons. The Morgan fingerprint density at radius 2 is 1.79 bits per heavy atom. The lowest BCUT2D eigenvalue weighted by atomic mass is 10.1. The van der Waals surface area contributed by atoms with Crippen LogP contribution >= 0.6 is 11.3 Å². The van der Waals surface area contributed by atoms with Crippen molar-refractivity contribution in [2.24, 2.45) is 0 Å². The van der Waals surface area contributed by atoms with E-state index >= 15 is 0 Å². The van der Waals surface area contributed by atoms with Gasteiger partial charge in [0.15, 0.2) is 0 Å². The Bertz CT molecular complexity index is 1210. The molecule has 146 valence electrons. The first kappa shape index (κ1) is 18.9. The fourth-order valence-corrected chi connectivity index (χ4v) is 5.65. The van der Waals surface area contributed by atoms with Crippen LogP contribution in [0.25, 0.3) is 10.2 Å². The number of carbonyl (C=O) groups excluding carboxylic acids is 1. The quantitative estimate of drug-likeness (QED) is 0.706. The van der Waals surface area contributed by atoms with Gasteiger partial charge < -0.3 is 9.88 Å². The lowest BCUT2D eigenvalue weighted by Gasteiger charge is -2.34. The van der Waals surface area contributed by atoms with Crippen LogP contribution in [-0.2, 0) is 10.0 Å². The summed E-state index contributed by atoms with van der Waals surface area (Å²) in [6, 6.07) is 12.0. The molecule has 1 aliphatic heterocycles. The summed E-state index contributed by atoms with van der Waals surface area (Å²) in [7, 11) is -3.68. The number of hydrogen-bond acceptors (Lipinski definition) is 5. The largest absolute Gasteiger partial charge is 0.336 e. The minimum Gasteiger partial charge on any atom is -0.336 e. The minimum atomic E-state index is -3.68. The van der Waals surface area contributed by atoms with Crippen LogP contribution in [-0.4, -0.2) is 54.7 Å². The minimum absolute atomic E-state index is 0.0753. The summed E-state index contributed by atoms with van der Waals surface area (Å²) in [6.07, 6.45) is 0. The lowest BCUT2D eigenvalue weighted by molar-refractivity contribution is 0.0697. The van der Waals surface area contributed by atoms with Crippen molar-refractivity contribution in [3.05, 3.63) is 63.3 Å². The summed E-state index contributed by atoms with van der Waals surface area (Å²) in [5.74, 6) is -0.0753. The number of aromatic amines is 1. The number of aromatic nitrogens is 1. The van der Waals surface area contributed by atoms with Gasteiger partial charge in [0.2, 0.25) is 10.0 Å². The Balaban J connectivity index is 1.51. The van der Waals surface area contributed by atoms with Gasteiger partial charge in [0.1, 0.15) is 0 Å². The van der Waals surface area contributed by atoms with E-state index in [-0.39, 0.29) is 28.8 Å². The second-order valence-electron chi connectivity index (χ2n) is 6.68. The van der Waals surface area contributed by atoms with Crippen LogP contribution in [0.3, 0.4) is 0 Å². The number of hydrogen-bond donors (Lipinski definition) is 1. The normalized spacial score (nSPS) is 15.8. The number of rotatable bonds is 3. The molecule has 1 aromatic heterocycles. The fraction of sp³-hybridized carbons (Fsp3) is 0.263. The van der Waals surface area contributed by atoms with Gasteiger partial charge in [-0.25, -0.2) is 8.42 Å². The van der Waals surface area contributed by atoms with Gasteiger partial charge in [-0.3, -0.25) is 9.59 Å². The van der Waals surface area contributed by atoms with Crippen molar-refractivity contribution in [3.8, 4) is 0 Å². The maximum absolute atomic E-state index is 13.0. The molecule has 0 saturated carbocycles. The van der Waals surface area contributed by atoms with E-state index in [9.17, 15) is 18.0 Å². The first-order valence-electron chi connectivity index (χ1n) is 8.84. The van der Waals surface area contributed by atoms with Crippen molar-refractivity contribution >= 4 is 37.5 Å². The van der Waals surface area contributed by atoms with Gasteiger partial charge in [0.05, 0.1) is 15.1 Å². The molecule has 4 rings (SSSR count). The van der Waals surface area contributed by atoms with E-state index < -0.39 is 10.0 Å². The number of carbonyl (C=O) groups is 1. The van der Waals surface area contributed by atoms with Gasteiger partial charge in [0.25, 0.3) is 5.91 Å². The zero-order valence-electron chi connectivity index (χ0n) is 15.2. The second kappa shape index (κ2) is 7.16. The number of H-pyrrole nitrogens is 1. The summed E-state index contributed by atoms with van der Waals surface area (Å²) in [5, 5.41) is 0. The average Bonchev–Trinajstić information content (AvgIpc) is 3.07. The Morgan fingerprint density at radius 1 is 1.07 bits per heavy atom. The van der Waals surface area contributed by atoms with Crippen LogP contribution in [0.2, 0.25) is 0 Å². The van der Waals surface area contributed by atoms with Crippen LogP contribution in [0.4, 0.5) is 0 Å². The molecule has 0 aliphatic carbocycles. The number of piperazine rings is 1. The molecule has 2 heterocycles. The molecule has 9 heteroatoms. The molecule has 1 aliphatic rings. The third-order valence-electron chi connectivity index (χ3n) is 4.93. The highest BCUT2D eigenvalue weighted by atomic mass is 32.2. The van der Waals surface area contributed by atoms with E-state index in [4.69, 9.17) is 0 Å². The third kappa shape index (κ3) is 3.36. The molecule has 1 fully saturated rings. The smallest absolute Gasteiger partial charge is 0.305 e. The first-order valence-corrected chi connectivity index (χ1v) is 11.1. The third-order valence-corrected chi connectivity index (χ3v) is 7.67. The highest BCUT2D eigenvalue weighted by Gasteiger charge is 2.31. The molecule has 0 spiro atoms. The SMILES string of the molecule is Cc1ccccc1C(=O)N1CCN(S(=O)(=O)c2ccc3[nH]c(=O)sc3c2)CC1. The first-order chi connectivity index (χ1) is 13.4. The van der Waals surface area contributed by atoms with E-state index in [1.807, 2.05) is 25.1 Å². The second-order valence-corrected chi connectivity index (χ2v) is 9.64. The van der Waals surface area contributed by atoms with Crippen molar-refractivity contribution in [2.75, 3.05) is 26.2 Å². The molecule has 0 atom stereocenters. The van der Waals surface area contributed by atoms with E-state index in [0.29, 0.717) is 28.9 Å². The van der Waals surface area contributed by atoms with Gasteiger partial charge in [-0.05, 0) is 36.8 Å². The van der Waals surface area contributed by atoms with Gasteiger partial charge in [-0.15, -0.1) is 0 Å². The monoisotopic (exact) mass is 417 g/mol. The summed E-state index contributed by atoms with van der Waals surface area (Å²) < 4.78 is 28.0. The van der Waals surface area contributed by atoms with Gasteiger partial charge >= 0.3 is 4.87 Å². The Labute approximate surface area is 166 Å². The van der Waals surface area contributed by atoms with Crippen molar-refractivity contribution in [1.29, 1.82) is 0 Å². The molecule has 1 N–H and O–H groups in total. The zero-order chi connectivity index (χ0) is 19.9. The number of benzene rings is 2. The van der Waals surface area contributed by atoms with Crippen LogP contribution in [0.15, 0.2) is 52.2 Å². The summed E-state index contributed by atoms with van der Waals surface area (Å²) in [4.78, 5) is 28.5. The molecule has 7 nitrogen and oxygen atoms in total. The Morgan fingerprint density at radius 3 is 2.50 bits per heavy atom. The van der Waals surface area contributed by atoms with Crippen LogP contribution in [0.1, 0.15) is 15.9 Å². The molecule has 0 bridgehead atoms. The molecule has 2 aromatic carbocycles. The molecule has 3 aromatic rings.